The molecule has 2 N–H and O–H groups in total. The number of likely N-dealkylation sites (tertiary alicyclic amines) is 1. The molecule has 6 heteroatoms. The van der Waals surface area contributed by atoms with Crippen molar-refractivity contribution in [1.29, 1.82) is 0 Å². The maximum atomic E-state index is 13.4. The summed E-state index contributed by atoms with van der Waals surface area (Å²) >= 11 is 5.84. The molecule has 1 amide bonds. The fraction of sp³-hybridized carbons (Fsp3) is 0.350. The van der Waals surface area contributed by atoms with E-state index in [1.807, 2.05) is 30.3 Å². The molecule has 2 aromatic carbocycles. The summed E-state index contributed by atoms with van der Waals surface area (Å²) in [6, 6.07) is 13.3. The van der Waals surface area contributed by atoms with E-state index >= 15 is 0 Å². The highest BCUT2D eigenvalue weighted by Gasteiger charge is 2.38. The maximum Gasteiger partial charge on any atom is 0.268 e. The summed E-state index contributed by atoms with van der Waals surface area (Å²) < 4.78 is 19.4. The van der Waals surface area contributed by atoms with Crippen LogP contribution in [0.1, 0.15) is 25.0 Å². The molecule has 3 rings (SSSR count). The molecular weight excluding hydrogens is 355 g/mol. The molecule has 0 saturated carbocycles. The van der Waals surface area contributed by atoms with Crippen LogP contribution in [0.15, 0.2) is 48.5 Å². The minimum Gasteiger partial charge on any atom is -0.476 e. The topological polar surface area (TPSA) is 55.6 Å². The van der Waals surface area contributed by atoms with Crippen LogP contribution in [0.25, 0.3) is 0 Å². The Hall–Kier alpha value is -2.11. The van der Waals surface area contributed by atoms with Crippen molar-refractivity contribution < 1.29 is 13.9 Å². The molecule has 1 heterocycles. The van der Waals surface area contributed by atoms with Gasteiger partial charge in [-0.1, -0.05) is 48.9 Å². The highest BCUT2D eigenvalue weighted by atomic mass is 35.5. The van der Waals surface area contributed by atoms with E-state index in [0.717, 1.165) is 12.0 Å². The highest BCUT2D eigenvalue weighted by molar-refractivity contribution is 6.30. The van der Waals surface area contributed by atoms with Gasteiger partial charge in [0.2, 0.25) is 6.10 Å². The van der Waals surface area contributed by atoms with E-state index in [4.69, 9.17) is 22.1 Å². The van der Waals surface area contributed by atoms with Crippen LogP contribution in [0.5, 0.6) is 5.75 Å². The van der Waals surface area contributed by atoms with E-state index < -0.39 is 11.9 Å². The van der Waals surface area contributed by atoms with Gasteiger partial charge in [0.15, 0.2) is 0 Å². The third kappa shape index (κ3) is 4.00. The summed E-state index contributed by atoms with van der Waals surface area (Å²) in [5.74, 6) is -0.312. The van der Waals surface area contributed by atoms with Crippen LogP contribution in [0, 0.1) is 11.2 Å². The standard InChI is InChI=1S/C20H22ClFN2O2/c1-20(12-23)9-10-24(13-20)19(25)18(14-5-3-2-4-6-14)26-15-7-8-17(22)16(21)11-15/h2-8,11,18H,9-10,12-13,23H2,1H3. The number of hydrogen-bond acceptors (Lipinski definition) is 3. The Morgan fingerprint density at radius 2 is 2.08 bits per heavy atom. The lowest BCUT2D eigenvalue weighted by atomic mass is 9.90. The van der Waals surface area contributed by atoms with Gasteiger partial charge in [-0.25, -0.2) is 4.39 Å². The van der Waals surface area contributed by atoms with E-state index in [9.17, 15) is 9.18 Å². The number of nitrogens with zero attached hydrogens (tertiary/aromatic N) is 1. The molecule has 0 aromatic heterocycles. The first kappa shape index (κ1) is 18.7. The van der Waals surface area contributed by atoms with Gasteiger partial charge >= 0.3 is 0 Å². The summed E-state index contributed by atoms with van der Waals surface area (Å²) in [6.07, 6.45) is 0.0388. The van der Waals surface area contributed by atoms with Crippen molar-refractivity contribution in [2.24, 2.45) is 11.1 Å². The quantitative estimate of drug-likeness (QED) is 0.863. The number of carbonyl (C=O) groups excluding carboxylic acids is 1. The molecular formula is C20H22ClFN2O2. The Labute approximate surface area is 157 Å². The number of hydrogen-bond donors (Lipinski definition) is 1. The number of ether oxygens (including phenoxy) is 1. The van der Waals surface area contributed by atoms with E-state index in [1.165, 1.54) is 18.2 Å². The number of nitrogens with two attached hydrogens (primary N) is 1. The third-order valence-corrected chi connectivity index (χ3v) is 5.12. The van der Waals surface area contributed by atoms with E-state index in [-0.39, 0.29) is 16.3 Å². The van der Waals surface area contributed by atoms with Gasteiger partial charge in [0, 0.05) is 24.7 Å². The first-order chi connectivity index (χ1) is 12.4. The Morgan fingerprint density at radius 3 is 2.69 bits per heavy atom. The lowest BCUT2D eigenvalue weighted by Crippen LogP contribution is -2.38. The summed E-state index contributed by atoms with van der Waals surface area (Å²) in [7, 11) is 0. The number of rotatable bonds is 5. The molecule has 0 radical (unpaired) electrons. The molecule has 26 heavy (non-hydrogen) atoms. The highest BCUT2D eigenvalue weighted by Crippen LogP contribution is 2.33. The first-order valence-corrected chi connectivity index (χ1v) is 8.95. The molecule has 0 bridgehead atoms. The second-order valence-electron chi connectivity index (χ2n) is 7.01. The molecule has 0 aliphatic carbocycles. The summed E-state index contributed by atoms with van der Waals surface area (Å²) in [6.45, 7) is 3.85. The summed E-state index contributed by atoms with van der Waals surface area (Å²) in [4.78, 5) is 14.9. The molecule has 0 spiro atoms. The second kappa shape index (κ2) is 7.64. The Kier molecular flexibility index (Phi) is 5.49. The smallest absolute Gasteiger partial charge is 0.268 e. The number of benzene rings is 2. The molecule has 2 unspecified atom stereocenters. The van der Waals surface area contributed by atoms with Crippen molar-refractivity contribution in [2.45, 2.75) is 19.4 Å². The predicted molar refractivity (Wildman–Crippen MR) is 99.6 cm³/mol. The molecule has 2 atom stereocenters. The second-order valence-corrected chi connectivity index (χ2v) is 7.42. The zero-order valence-electron chi connectivity index (χ0n) is 14.6. The lowest BCUT2D eigenvalue weighted by Gasteiger charge is -2.27. The first-order valence-electron chi connectivity index (χ1n) is 8.57. The zero-order valence-corrected chi connectivity index (χ0v) is 15.4. The van der Waals surface area contributed by atoms with Crippen molar-refractivity contribution in [3.63, 3.8) is 0 Å². The van der Waals surface area contributed by atoms with Crippen molar-refractivity contribution in [3.8, 4) is 5.75 Å². The normalized spacial score (nSPS) is 20.8. The predicted octanol–water partition coefficient (Wildman–Crippen LogP) is 3.80. The minimum absolute atomic E-state index is 0.0429. The third-order valence-electron chi connectivity index (χ3n) is 4.83. The number of carbonyl (C=O) groups is 1. The average molecular weight is 377 g/mol. The van der Waals surface area contributed by atoms with Gasteiger partial charge in [0.1, 0.15) is 11.6 Å². The zero-order chi connectivity index (χ0) is 18.7. The Morgan fingerprint density at radius 1 is 1.35 bits per heavy atom. The van der Waals surface area contributed by atoms with E-state index in [2.05, 4.69) is 6.92 Å². The SMILES string of the molecule is CC1(CN)CCN(C(=O)C(Oc2ccc(F)c(Cl)c2)c2ccccc2)C1. The van der Waals surface area contributed by atoms with Crippen molar-refractivity contribution in [2.75, 3.05) is 19.6 Å². The van der Waals surface area contributed by atoms with Crippen molar-refractivity contribution >= 4 is 17.5 Å². The van der Waals surface area contributed by atoms with Crippen LogP contribution in [-0.4, -0.2) is 30.4 Å². The van der Waals surface area contributed by atoms with E-state index in [1.54, 1.807) is 4.90 Å². The van der Waals surface area contributed by atoms with Crippen molar-refractivity contribution in [1.82, 2.24) is 4.90 Å². The van der Waals surface area contributed by atoms with Gasteiger partial charge in [0.05, 0.1) is 5.02 Å². The fourth-order valence-corrected chi connectivity index (χ4v) is 3.29. The number of amides is 1. The molecule has 1 saturated heterocycles. The van der Waals surface area contributed by atoms with Gasteiger partial charge in [-0.05, 0) is 30.5 Å². The minimum atomic E-state index is -0.821. The van der Waals surface area contributed by atoms with Gasteiger partial charge < -0.3 is 15.4 Å². The Bertz CT molecular complexity index is 787. The molecule has 2 aromatic rings. The van der Waals surface area contributed by atoms with E-state index in [0.29, 0.717) is 25.4 Å². The maximum absolute atomic E-state index is 13.4. The van der Waals surface area contributed by atoms with Crippen LogP contribution in [0.4, 0.5) is 4.39 Å². The largest absolute Gasteiger partial charge is 0.476 e. The fourth-order valence-electron chi connectivity index (χ4n) is 3.12. The molecule has 4 nitrogen and oxygen atoms in total. The average Bonchev–Trinajstić information content (AvgIpc) is 3.06. The lowest BCUT2D eigenvalue weighted by molar-refractivity contribution is -0.138. The molecule has 138 valence electrons. The van der Waals surface area contributed by atoms with Crippen LogP contribution in [-0.2, 0) is 4.79 Å². The number of halogens is 2. The van der Waals surface area contributed by atoms with Crippen LogP contribution in [0.3, 0.4) is 0 Å². The van der Waals surface area contributed by atoms with Gasteiger partial charge in [-0.3, -0.25) is 4.79 Å². The summed E-state index contributed by atoms with van der Waals surface area (Å²) in [5.41, 5.74) is 6.51. The molecule has 1 aliphatic heterocycles. The summed E-state index contributed by atoms with van der Waals surface area (Å²) in [5, 5.41) is -0.0429. The monoisotopic (exact) mass is 376 g/mol. The van der Waals surface area contributed by atoms with Crippen molar-refractivity contribution in [3.05, 3.63) is 64.9 Å². The van der Waals surface area contributed by atoms with Crippen LogP contribution >= 0.6 is 11.6 Å². The molecule has 1 fully saturated rings. The van der Waals surface area contributed by atoms with Gasteiger partial charge in [-0.15, -0.1) is 0 Å². The van der Waals surface area contributed by atoms with Gasteiger partial charge in [-0.2, -0.15) is 0 Å². The molecule has 1 aliphatic rings. The van der Waals surface area contributed by atoms with Crippen LogP contribution in [0.2, 0.25) is 5.02 Å². The van der Waals surface area contributed by atoms with Gasteiger partial charge in [0.25, 0.3) is 5.91 Å². The Balaban J connectivity index is 1.86. The van der Waals surface area contributed by atoms with Crippen LogP contribution < -0.4 is 10.5 Å².